The van der Waals surface area contributed by atoms with Gasteiger partial charge in [-0.3, -0.25) is 4.99 Å². The summed E-state index contributed by atoms with van der Waals surface area (Å²) in [6, 6.07) is 16.8. The van der Waals surface area contributed by atoms with Crippen LogP contribution in [0.4, 0.5) is 11.4 Å². The summed E-state index contributed by atoms with van der Waals surface area (Å²) in [6.45, 7) is 1.49. The van der Waals surface area contributed by atoms with E-state index >= 15 is 0 Å². The van der Waals surface area contributed by atoms with E-state index in [-0.39, 0.29) is 0 Å². The molecule has 2 aromatic carbocycles. The standard InChI is InChI=1S/C19H24N4/c1-23(18-8-3-2-4-9-18)13-12-21-19(20)22-17-11-10-15-6-5-7-16(15)14-17/h2-4,8-11,14H,5-7,12-13H2,1H3,(H3,20,21,22). The average Bonchev–Trinajstić information content (AvgIpc) is 3.03. The van der Waals surface area contributed by atoms with Crippen molar-refractivity contribution >= 4 is 17.3 Å². The van der Waals surface area contributed by atoms with Crippen LogP contribution in [0.1, 0.15) is 17.5 Å². The molecule has 0 saturated carbocycles. The molecule has 0 spiro atoms. The molecule has 23 heavy (non-hydrogen) atoms. The van der Waals surface area contributed by atoms with Crippen LogP contribution >= 0.6 is 0 Å². The molecular weight excluding hydrogens is 284 g/mol. The molecule has 1 aliphatic rings. The van der Waals surface area contributed by atoms with Crippen LogP contribution in [0, 0.1) is 0 Å². The first-order chi connectivity index (χ1) is 11.2. The SMILES string of the molecule is CN(CCN=C(N)Nc1ccc2c(c1)CCC2)c1ccccc1. The largest absolute Gasteiger partial charge is 0.373 e. The van der Waals surface area contributed by atoms with Crippen LogP contribution in [0.25, 0.3) is 0 Å². The van der Waals surface area contributed by atoms with E-state index in [0.717, 1.165) is 12.2 Å². The second kappa shape index (κ2) is 7.18. The fraction of sp³-hybridized carbons (Fsp3) is 0.316. The molecule has 0 aliphatic heterocycles. The van der Waals surface area contributed by atoms with Crippen LogP contribution in [0.2, 0.25) is 0 Å². The number of aryl methyl sites for hydroxylation is 2. The molecule has 4 heteroatoms. The number of guanidine groups is 1. The monoisotopic (exact) mass is 308 g/mol. The molecule has 0 unspecified atom stereocenters. The highest BCUT2D eigenvalue weighted by atomic mass is 15.1. The number of aliphatic imine (C=N–C) groups is 1. The molecular formula is C19H24N4. The first-order valence-electron chi connectivity index (χ1n) is 8.17. The van der Waals surface area contributed by atoms with Gasteiger partial charge < -0.3 is 16.0 Å². The van der Waals surface area contributed by atoms with Gasteiger partial charge in [0.2, 0.25) is 0 Å². The average molecular weight is 308 g/mol. The predicted molar refractivity (Wildman–Crippen MR) is 98.3 cm³/mol. The van der Waals surface area contributed by atoms with Crippen molar-refractivity contribution in [2.75, 3.05) is 30.4 Å². The van der Waals surface area contributed by atoms with E-state index in [2.05, 4.69) is 52.6 Å². The molecule has 0 heterocycles. The maximum Gasteiger partial charge on any atom is 0.193 e. The molecule has 120 valence electrons. The van der Waals surface area contributed by atoms with Gasteiger partial charge in [0, 0.05) is 25.0 Å². The molecule has 2 aromatic rings. The maximum atomic E-state index is 6.00. The van der Waals surface area contributed by atoms with Crippen LogP contribution in [-0.2, 0) is 12.8 Å². The zero-order valence-electron chi connectivity index (χ0n) is 13.6. The van der Waals surface area contributed by atoms with Crippen molar-refractivity contribution in [3.8, 4) is 0 Å². The Bertz CT molecular complexity index is 679. The lowest BCUT2D eigenvalue weighted by Crippen LogP contribution is -2.26. The number of para-hydroxylation sites is 1. The van der Waals surface area contributed by atoms with Gasteiger partial charge in [-0.2, -0.15) is 0 Å². The Morgan fingerprint density at radius 1 is 1.13 bits per heavy atom. The van der Waals surface area contributed by atoms with E-state index in [4.69, 9.17) is 5.73 Å². The van der Waals surface area contributed by atoms with E-state index in [0.29, 0.717) is 12.5 Å². The Morgan fingerprint density at radius 3 is 2.74 bits per heavy atom. The van der Waals surface area contributed by atoms with Crippen LogP contribution in [-0.4, -0.2) is 26.1 Å². The molecule has 0 atom stereocenters. The van der Waals surface area contributed by atoms with E-state index in [1.807, 2.05) is 18.2 Å². The van der Waals surface area contributed by atoms with Gasteiger partial charge >= 0.3 is 0 Å². The fourth-order valence-corrected chi connectivity index (χ4v) is 2.97. The zero-order chi connectivity index (χ0) is 16.1. The van der Waals surface area contributed by atoms with Crippen molar-refractivity contribution in [3.05, 3.63) is 59.7 Å². The normalized spacial score (nSPS) is 13.7. The minimum atomic E-state index is 0.476. The van der Waals surface area contributed by atoms with Crippen molar-refractivity contribution in [2.24, 2.45) is 10.7 Å². The lowest BCUT2D eigenvalue weighted by Gasteiger charge is -2.18. The third-order valence-electron chi connectivity index (χ3n) is 4.29. The summed E-state index contributed by atoms with van der Waals surface area (Å²) in [5.74, 6) is 0.476. The van der Waals surface area contributed by atoms with Crippen molar-refractivity contribution < 1.29 is 0 Å². The second-order valence-electron chi connectivity index (χ2n) is 5.99. The number of nitrogens with two attached hydrogens (primary N) is 1. The number of likely N-dealkylation sites (N-methyl/N-ethyl adjacent to an activating group) is 1. The maximum absolute atomic E-state index is 6.00. The molecule has 0 aromatic heterocycles. The highest BCUT2D eigenvalue weighted by molar-refractivity contribution is 5.92. The highest BCUT2D eigenvalue weighted by Gasteiger charge is 2.10. The molecule has 3 rings (SSSR count). The summed E-state index contributed by atoms with van der Waals surface area (Å²) in [5.41, 5.74) is 11.1. The topological polar surface area (TPSA) is 53.6 Å². The van der Waals surface area contributed by atoms with Crippen LogP contribution in [0.3, 0.4) is 0 Å². The lowest BCUT2D eigenvalue weighted by molar-refractivity contribution is 0.884. The molecule has 0 bridgehead atoms. The summed E-state index contributed by atoms with van der Waals surface area (Å²) in [5, 5.41) is 3.19. The van der Waals surface area contributed by atoms with Gasteiger partial charge in [0.25, 0.3) is 0 Å². The van der Waals surface area contributed by atoms with Crippen molar-refractivity contribution in [1.82, 2.24) is 0 Å². The van der Waals surface area contributed by atoms with Crippen LogP contribution in [0.5, 0.6) is 0 Å². The van der Waals surface area contributed by atoms with Gasteiger partial charge in [-0.1, -0.05) is 24.3 Å². The number of anilines is 2. The molecule has 3 N–H and O–H groups in total. The molecule has 0 amide bonds. The predicted octanol–water partition coefficient (Wildman–Crippen LogP) is 3.04. The van der Waals surface area contributed by atoms with Crippen LogP contribution < -0.4 is 16.0 Å². The minimum Gasteiger partial charge on any atom is -0.373 e. The summed E-state index contributed by atoms with van der Waals surface area (Å²) >= 11 is 0. The van der Waals surface area contributed by atoms with E-state index in [9.17, 15) is 0 Å². The smallest absolute Gasteiger partial charge is 0.193 e. The van der Waals surface area contributed by atoms with E-state index < -0.39 is 0 Å². The van der Waals surface area contributed by atoms with Gasteiger partial charge in [0.05, 0.1) is 6.54 Å². The zero-order valence-corrected chi connectivity index (χ0v) is 13.6. The first kappa shape index (κ1) is 15.4. The molecule has 1 aliphatic carbocycles. The van der Waals surface area contributed by atoms with Gasteiger partial charge in [-0.05, 0) is 54.7 Å². The Balaban J connectivity index is 1.52. The van der Waals surface area contributed by atoms with E-state index in [1.165, 1.54) is 36.1 Å². The van der Waals surface area contributed by atoms with Gasteiger partial charge in [0.15, 0.2) is 5.96 Å². The third-order valence-corrected chi connectivity index (χ3v) is 4.29. The summed E-state index contributed by atoms with van der Waals surface area (Å²) < 4.78 is 0. The number of benzene rings is 2. The Labute approximate surface area is 138 Å². The number of fused-ring (bicyclic) bond motifs is 1. The van der Waals surface area contributed by atoms with Crippen LogP contribution in [0.15, 0.2) is 53.5 Å². The molecule has 0 radical (unpaired) electrons. The van der Waals surface area contributed by atoms with Crippen molar-refractivity contribution in [3.63, 3.8) is 0 Å². The highest BCUT2D eigenvalue weighted by Crippen LogP contribution is 2.24. The molecule has 0 fully saturated rings. The number of hydrogen-bond donors (Lipinski definition) is 2. The fourth-order valence-electron chi connectivity index (χ4n) is 2.97. The second-order valence-corrected chi connectivity index (χ2v) is 5.99. The van der Waals surface area contributed by atoms with Crippen molar-refractivity contribution in [1.29, 1.82) is 0 Å². The molecule has 0 saturated heterocycles. The van der Waals surface area contributed by atoms with Gasteiger partial charge in [-0.15, -0.1) is 0 Å². The van der Waals surface area contributed by atoms with E-state index in [1.54, 1.807) is 0 Å². The molecule has 4 nitrogen and oxygen atoms in total. The van der Waals surface area contributed by atoms with Crippen molar-refractivity contribution in [2.45, 2.75) is 19.3 Å². The number of rotatable bonds is 5. The first-order valence-corrected chi connectivity index (χ1v) is 8.17. The number of nitrogens with one attached hydrogen (secondary N) is 1. The number of nitrogens with zero attached hydrogens (tertiary/aromatic N) is 2. The van der Waals surface area contributed by atoms with Gasteiger partial charge in [0.1, 0.15) is 0 Å². The van der Waals surface area contributed by atoms with Gasteiger partial charge in [-0.25, -0.2) is 0 Å². The summed E-state index contributed by atoms with van der Waals surface area (Å²) in [7, 11) is 2.06. The summed E-state index contributed by atoms with van der Waals surface area (Å²) in [6.07, 6.45) is 3.63. The minimum absolute atomic E-state index is 0.476. The third kappa shape index (κ3) is 4.03. The number of hydrogen-bond acceptors (Lipinski definition) is 2. The Hall–Kier alpha value is -2.49. The Morgan fingerprint density at radius 2 is 1.91 bits per heavy atom. The lowest BCUT2D eigenvalue weighted by atomic mass is 10.1. The summed E-state index contributed by atoms with van der Waals surface area (Å²) in [4.78, 5) is 6.59. The quantitative estimate of drug-likeness (QED) is 0.659. The Kier molecular flexibility index (Phi) is 4.81.